The van der Waals surface area contributed by atoms with Crippen LogP contribution in [0.15, 0.2) is 42.5 Å². The van der Waals surface area contributed by atoms with Gasteiger partial charge in [0.2, 0.25) is 0 Å². The molecule has 0 saturated carbocycles. The van der Waals surface area contributed by atoms with Crippen molar-refractivity contribution in [1.82, 2.24) is 5.06 Å². The van der Waals surface area contributed by atoms with E-state index in [1.165, 1.54) is 16.3 Å². The predicted octanol–water partition coefficient (Wildman–Crippen LogP) is 3.93. The van der Waals surface area contributed by atoms with Gasteiger partial charge >= 0.3 is 0 Å². The highest BCUT2D eigenvalue weighted by Gasteiger charge is 2.26. The average molecular weight is 241 g/mol. The summed E-state index contributed by atoms with van der Waals surface area (Å²) in [5, 5.41) is 4.67. The SMILES string of the molecule is CC(C)N1CCC(c2ccc3ccccc3c2)O1. The molecule has 2 aromatic rings. The van der Waals surface area contributed by atoms with Crippen molar-refractivity contribution in [3.05, 3.63) is 48.0 Å². The van der Waals surface area contributed by atoms with Gasteiger partial charge in [-0.2, -0.15) is 5.06 Å². The van der Waals surface area contributed by atoms with Crippen LogP contribution in [0.3, 0.4) is 0 Å². The molecule has 0 amide bonds. The summed E-state index contributed by atoms with van der Waals surface area (Å²) in [5.74, 6) is 0. The molecule has 2 nitrogen and oxygen atoms in total. The molecule has 1 atom stereocenters. The van der Waals surface area contributed by atoms with Gasteiger partial charge in [0.15, 0.2) is 0 Å². The van der Waals surface area contributed by atoms with E-state index in [1.807, 2.05) is 0 Å². The molecular weight excluding hydrogens is 222 g/mol. The fourth-order valence-electron chi connectivity index (χ4n) is 2.53. The monoisotopic (exact) mass is 241 g/mol. The summed E-state index contributed by atoms with van der Waals surface area (Å²) in [4.78, 5) is 5.99. The summed E-state index contributed by atoms with van der Waals surface area (Å²) in [7, 11) is 0. The Morgan fingerprint density at radius 3 is 2.61 bits per heavy atom. The van der Waals surface area contributed by atoms with E-state index in [-0.39, 0.29) is 6.10 Å². The van der Waals surface area contributed by atoms with Crippen LogP contribution in [0.25, 0.3) is 10.8 Å². The maximum absolute atomic E-state index is 5.99. The Hall–Kier alpha value is -1.38. The van der Waals surface area contributed by atoms with Crippen molar-refractivity contribution in [1.29, 1.82) is 0 Å². The van der Waals surface area contributed by atoms with Gasteiger partial charge in [0.1, 0.15) is 6.10 Å². The summed E-state index contributed by atoms with van der Waals surface area (Å²) in [5.41, 5.74) is 1.29. The summed E-state index contributed by atoms with van der Waals surface area (Å²) >= 11 is 0. The first-order valence-corrected chi connectivity index (χ1v) is 6.66. The first kappa shape index (κ1) is 11.7. The summed E-state index contributed by atoms with van der Waals surface area (Å²) < 4.78 is 0. The van der Waals surface area contributed by atoms with Gasteiger partial charge in [-0.15, -0.1) is 0 Å². The molecule has 1 aliphatic heterocycles. The molecule has 1 aliphatic rings. The third-order valence-electron chi connectivity index (χ3n) is 3.60. The van der Waals surface area contributed by atoms with Gasteiger partial charge in [0, 0.05) is 12.6 Å². The molecule has 94 valence electrons. The largest absolute Gasteiger partial charge is 0.291 e. The molecule has 0 bridgehead atoms. The molecule has 1 heterocycles. The fraction of sp³-hybridized carbons (Fsp3) is 0.375. The van der Waals surface area contributed by atoms with Crippen molar-refractivity contribution in [3.8, 4) is 0 Å². The molecule has 18 heavy (non-hydrogen) atoms. The normalized spacial score (nSPS) is 20.9. The highest BCUT2D eigenvalue weighted by molar-refractivity contribution is 5.83. The summed E-state index contributed by atoms with van der Waals surface area (Å²) in [6.45, 7) is 5.36. The van der Waals surface area contributed by atoms with Crippen LogP contribution in [0.5, 0.6) is 0 Å². The van der Waals surface area contributed by atoms with E-state index < -0.39 is 0 Å². The van der Waals surface area contributed by atoms with Gasteiger partial charge in [0.25, 0.3) is 0 Å². The van der Waals surface area contributed by atoms with Crippen LogP contribution in [-0.2, 0) is 4.84 Å². The van der Waals surface area contributed by atoms with Crippen LogP contribution in [0.4, 0.5) is 0 Å². The van der Waals surface area contributed by atoms with E-state index >= 15 is 0 Å². The lowest BCUT2D eigenvalue weighted by atomic mass is 10.0. The summed E-state index contributed by atoms with van der Waals surface area (Å²) in [6.07, 6.45) is 1.30. The van der Waals surface area contributed by atoms with E-state index in [0.29, 0.717) is 6.04 Å². The number of fused-ring (bicyclic) bond motifs is 1. The lowest BCUT2D eigenvalue weighted by Crippen LogP contribution is -2.26. The van der Waals surface area contributed by atoms with Crippen molar-refractivity contribution >= 4 is 10.8 Å². The fourth-order valence-corrected chi connectivity index (χ4v) is 2.53. The van der Waals surface area contributed by atoms with E-state index in [9.17, 15) is 0 Å². The second-order valence-electron chi connectivity index (χ2n) is 5.22. The zero-order valence-electron chi connectivity index (χ0n) is 11.0. The molecular formula is C16H19NO. The lowest BCUT2D eigenvalue weighted by molar-refractivity contribution is -0.166. The molecule has 3 rings (SSSR count). The second-order valence-corrected chi connectivity index (χ2v) is 5.22. The van der Waals surface area contributed by atoms with E-state index in [2.05, 4.69) is 61.4 Å². The third kappa shape index (κ3) is 2.14. The number of nitrogens with zero attached hydrogens (tertiary/aromatic N) is 1. The van der Waals surface area contributed by atoms with Crippen molar-refractivity contribution in [2.24, 2.45) is 0 Å². The lowest BCUT2D eigenvalue weighted by Gasteiger charge is -2.20. The molecule has 0 aromatic heterocycles. The predicted molar refractivity (Wildman–Crippen MR) is 74.2 cm³/mol. The average Bonchev–Trinajstić information content (AvgIpc) is 2.88. The number of hydrogen-bond donors (Lipinski definition) is 0. The molecule has 2 aromatic carbocycles. The van der Waals surface area contributed by atoms with Crippen LogP contribution in [0, 0.1) is 0 Å². The van der Waals surface area contributed by atoms with E-state index in [1.54, 1.807) is 0 Å². The van der Waals surface area contributed by atoms with Crippen molar-refractivity contribution < 1.29 is 4.84 Å². The quantitative estimate of drug-likeness (QED) is 0.790. The minimum Gasteiger partial charge on any atom is -0.291 e. The number of hydroxylamine groups is 2. The van der Waals surface area contributed by atoms with E-state index in [0.717, 1.165) is 13.0 Å². The minimum absolute atomic E-state index is 0.219. The Balaban J connectivity index is 1.87. The standard InChI is InChI=1S/C16H19NO/c1-12(2)17-10-9-16(18-17)15-8-7-13-5-3-4-6-14(13)11-15/h3-8,11-12,16H,9-10H2,1-2H3. The molecule has 0 spiro atoms. The Kier molecular flexibility index (Phi) is 3.06. The molecule has 0 N–H and O–H groups in total. The molecule has 0 aliphatic carbocycles. The Labute approximate surface area is 108 Å². The van der Waals surface area contributed by atoms with E-state index in [4.69, 9.17) is 4.84 Å². The molecule has 0 radical (unpaired) electrons. The molecule has 1 unspecified atom stereocenters. The highest BCUT2D eigenvalue weighted by Crippen LogP contribution is 2.31. The first-order valence-electron chi connectivity index (χ1n) is 6.66. The molecule has 1 saturated heterocycles. The van der Waals surface area contributed by atoms with Crippen molar-refractivity contribution in [3.63, 3.8) is 0 Å². The first-order chi connectivity index (χ1) is 8.74. The topological polar surface area (TPSA) is 12.5 Å². The van der Waals surface area contributed by atoms with Crippen LogP contribution in [0.2, 0.25) is 0 Å². The molecule has 1 fully saturated rings. The Bertz CT molecular complexity index is 550. The van der Waals surface area contributed by atoms with Gasteiger partial charge < -0.3 is 0 Å². The van der Waals surface area contributed by atoms with Crippen LogP contribution < -0.4 is 0 Å². The smallest absolute Gasteiger partial charge is 0.106 e. The van der Waals surface area contributed by atoms with Crippen molar-refractivity contribution in [2.75, 3.05) is 6.54 Å². The van der Waals surface area contributed by atoms with Crippen LogP contribution >= 0.6 is 0 Å². The maximum atomic E-state index is 5.99. The van der Waals surface area contributed by atoms with Gasteiger partial charge in [0.05, 0.1) is 0 Å². The third-order valence-corrected chi connectivity index (χ3v) is 3.60. The molecule has 2 heteroatoms. The number of rotatable bonds is 2. The van der Waals surface area contributed by atoms with Gasteiger partial charge in [-0.05, 0) is 42.7 Å². The number of hydrogen-bond acceptors (Lipinski definition) is 2. The zero-order chi connectivity index (χ0) is 12.5. The number of benzene rings is 2. The Morgan fingerprint density at radius 2 is 1.89 bits per heavy atom. The Morgan fingerprint density at radius 1 is 1.11 bits per heavy atom. The second kappa shape index (κ2) is 4.71. The van der Waals surface area contributed by atoms with Crippen molar-refractivity contribution in [2.45, 2.75) is 32.4 Å². The zero-order valence-corrected chi connectivity index (χ0v) is 11.0. The van der Waals surface area contributed by atoms with Gasteiger partial charge in [-0.1, -0.05) is 36.4 Å². The van der Waals surface area contributed by atoms with Crippen LogP contribution in [-0.4, -0.2) is 17.6 Å². The highest BCUT2D eigenvalue weighted by atomic mass is 16.7. The van der Waals surface area contributed by atoms with Crippen LogP contribution in [0.1, 0.15) is 31.9 Å². The maximum Gasteiger partial charge on any atom is 0.106 e. The minimum atomic E-state index is 0.219. The van der Waals surface area contributed by atoms with Gasteiger partial charge in [-0.25, -0.2) is 0 Å². The summed E-state index contributed by atoms with van der Waals surface area (Å²) in [6, 6.07) is 15.6. The van der Waals surface area contributed by atoms with Gasteiger partial charge in [-0.3, -0.25) is 4.84 Å².